The fourth-order valence-electron chi connectivity index (χ4n) is 2.14. The maximum absolute atomic E-state index is 4.53. The largest absolute Gasteiger partial charge is 0.378 e. The molecular formula is C17H18N4. The molecule has 4 nitrogen and oxygen atoms in total. The lowest BCUT2D eigenvalue weighted by Gasteiger charge is -2.03. The molecule has 1 aromatic heterocycles. The summed E-state index contributed by atoms with van der Waals surface area (Å²) in [6.45, 7) is 4.77. The molecule has 0 aliphatic carbocycles. The van der Waals surface area contributed by atoms with Gasteiger partial charge in [-0.25, -0.2) is 4.98 Å². The molecule has 106 valence electrons. The molecule has 4 heteroatoms. The highest BCUT2D eigenvalue weighted by Crippen LogP contribution is 2.16. The number of aromatic amines is 1. The van der Waals surface area contributed by atoms with Gasteiger partial charge in [0.05, 0.1) is 6.54 Å². The zero-order valence-electron chi connectivity index (χ0n) is 12.2. The Labute approximate surface area is 124 Å². The van der Waals surface area contributed by atoms with Gasteiger partial charge in [0.1, 0.15) is 5.82 Å². The summed E-state index contributed by atoms with van der Waals surface area (Å²) in [6.07, 6.45) is 0. The number of aryl methyl sites for hydroxylation is 2. The third-order valence-electron chi connectivity index (χ3n) is 3.32. The number of H-pyrrole nitrogens is 1. The summed E-state index contributed by atoms with van der Waals surface area (Å²) in [6, 6.07) is 16.5. The van der Waals surface area contributed by atoms with E-state index in [1.807, 2.05) is 12.1 Å². The fraction of sp³-hybridized carbons (Fsp3) is 0.176. The Morgan fingerprint density at radius 1 is 1.00 bits per heavy atom. The van der Waals surface area contributed by atoms with Crippen molar-refractivity contribution in [3.63, 3.8) is 0 Å². The second-order valence-electron chi connectivity index (χ2n) is 5.19. The topological polar surface area (TPSA) is 53.6 Å². The Kier molecular flexibility index (Phi) is 3.69. The smallest absolute Gasteiger partial charge is 0.181 e. The molecule has 0 aliphatic heterocycles. The van der Waals surface area contributed by atoms with Crippen molar-refractivity contribution in [2.24, 2.45) is 0 Å². The molecule has 0 fully saturated rings. The van der Waals surface area contributed by atoms with Gasteiger partial charge < -0.3 is 5.32 Å². The van der Waals surface area contributed by atoms with E-state index in [1.54, 1.807) is 0 Å². The van der Waals surface area contributed by atoms with Crippen molar-refractivity contribution >= 4 is 5.69 Å². The number of nitrogens with zero attached hydrogens (tertiary/aromatic N) is 2. The molecule has 0 radical (unpaired) electrons. The molecule has 0 atom stereocenters. The van der Waals surface area contributed by atoms with Crippen molar-refractivity contribution < 1.29 is 0 Å². The summed E-state index contributed by atoms with van der Waals surface area (Å²) in [4.78, 5) is 4.53. The van der Waals surface area contributed by atoms with Gasteiger partial charge in [0.2, 0.25) is 0 Å². The number of hydrogen-bond donors (Lipinski definition) is 2. The van der Waals surface area contributed by atoms with Crippen molar-refractivity contribution in [2.45, 2.75) is 20.4 Å². The van der Waals surface area contributed by atoms with E-state index in [2.05, 4.69) is 70.7 Å². The molecule has 3 aromatic rings. The zero-order valence-corrected chi connectivity index (χ0v) is 12.2. The normalized spacial score (nSPS) is 10.6. The van der Waals surface area contributed by atoms with E-state index < -0.39 is 0 Å². The quantitative estimate of drug-likeness (QED) is 0.765. The van der Waals surface area contributed by atoms with Crippen LogP contribution in [0.3, 0.4) is 0 Å². The summed E-state index contributed by atoms with van der Waals surface area (Å²) in [5.41, 5.74) is 4.57. The maximum Gasteiger partial charge on any atom is 0.181 e. The number of nitrogens with one attached hydrogen (secondary N) is 2. The van der Waals surface area contributed by atoms with Crippen LogP contribution in [0.1, 0.15) is 17.0 Å². The lowest BCUT2D eigenvalue weighted by molar-refractivity contribution is 0.955. The van der Waals surface area contributed by atoms with Crippen LogP contribution in [-0.2, 0) is 6.54 Å². The van der Waals surface area contributed by atoms with Gasteiger partial charge in [-0.05, 0) is 32.0 Å². The number of anilines is 1. The van der Waals surface area contributed by atoms with Gasteiger partial charge >= 0.3 is 0 Å². The van der Waals surface area contributed by atoms with E-state index in [0.717, 1.165) is 22.9 Å². The minimum Gasteiger partial charge on any atom is -0.378 e. The first-order valence-corrected chi connectivity index (χ1v) is 6.99. The maximum atomic E-state index is 4.53. The van der Waals surface area contributed by atoms with Gasteiger partial charge in [-0.3, -0.25) is 5.10 Å². The molecule has 0 bridgehead atoms. The van der Waals surface area contributed by atoms with Gasteiger partial charge in [-0.2, -0.15) is 5.10 Å². The third-order valence-corrected chi connectivity index (χ3v) is 3.32. The lowest BCUT2D eigenvalue weighted by atomic mass is 10.1. The van der Waals surface area contributed by atoms with E-state index in [0.29, 0.717) is 6.54 Å². The summed E-state index contributed by atoms with van der Waals surface area (Å²) in [5.74, 6) is 1.56. The van der Waals surface area contributed by atoms with Crippen LogP contribution < -0.4 is 5.32 Å². The van der Waals surface area contributed by atoms with Crippen LogP contribution in [0.2, 0.25) is 0 Å². The molecule has 0 amide bonds. The highest BCUT2D eigenvalue weighted by Gasteiger charge is 2.05. The summed E-state index contributed by atoms with van der Waals surface area (Å²) in [7, 11) is 0. The Morgan fingerprint density at radius 2 is 1.81 bits per heavy atom. The molecule has 1 heterocycles. The number of rotatable bonds is 4. The first-order valence-electron chi connectivity index (χ1n) is 6.99. The standard InChI is InChI=1S/C17H18N4/c1-12-6-8-15(9-7-12)18-11-16-19-17(21-20-16)14-5-3-4-13(2)10-14/h3-10,18H,11H2,1-2H3,(H,19,20,21). The van der Waals surface area contributed by atoms with Crippen LogP contribution in [0.5, 0.6) is 0 Å². The van der Waals surface area contributed by atoms with E-state index in [4.69, 9.17) is 0 Å². The predicted octanol–water partition coefficient (Wildman–Crippen LogP) is 3.70. The number of benzene rings is 2. The highest BCUT2D eigenvalue weighted by molar-refractivity contribution is 5.55. The fourth-order valence-corrected chi connectivity index (χ4v) is 2.14. The number of hydrogen-bond acceptors (Lipinski definition) is 3. The van der Waals surface area contributed by atoms with Gasteiger partial charge in [0.15, 0.2) is 5.82 Å². The molecule has 3 rings (SSSR count). The Morgan fingerprint density at radius 3 is 2.57 bits per heavy atom. The molecule has 0 saturated heterocycles. The van der Waals surface area contributed by atoms with Crippen molar-refractivity contribution in [1.82, 2.24) is 15.2 Å². The summed E-state index contributed by atoms with van der Waals surface area (Å²) in [5, 5.41) is 10.6. The molecular weight excluding hydrogens is 260 g/mol. The molecule has 2 N–H and O–H groups in total. The number of aromatic nitrogens is 3. The van der Waals surface area contributed by atoms with Crippen LogP contribution in [0.15, 0.2) is 48.5 Å². The molecule has 0 spiro atoms. The van der Waals surface area contributed by atoms with Crippen LogP contribution in [0.25, 0.3) is 11.4 Å². The average Bonchev–Trinajstić information content (AvgIpc) is 2.96. The van der Waals surface area contributed by atoms with E-state index in [9.17, 15) is 0 Å². The predicted molar refractivity (Wildman–Crippen MR) is 85.1 cm³/mol. The highest BCUT2D eigenvalue weighted by atomic mass is 15.2. The minimum atomic E-state index is 0.627. The minimum absolute atomic E-state index is 0.627. The first kappa shape index (κ1) is 13.4. The van der Waals surface area contributed by atoms with Crippen LogP contribution in [0.4, 0.5) is 5.69 Å². The molecule has 0 aliphatic rings. The monoisotopic (exact) mass is 278 g/mol. The Hall–Kier alpha value is -2.62. The Balaban J connectivity index is 1.69. The van der Waals surface area contributed by atoms with Crippen molar-refractivity contribution in [3.05, 3.63) is 65.5 Å². The Bertz CT molecular complexity index is 729. The first-order chi connectivity index (χ1) is 10.2. The SMILES string of the molecule is Cc1ccc(NCc2nc(-c3cccc(C)c3)n[nH]2)cc1. The zero-order chi connectivity index (χ0) is 14.7. The van der Waals surface area contributed by atoms with E-state index >= 15 is 0 Å². The summed E-state index contributed by atoms with van der Waals surface area (Å²) >= 11 is 0. The lowest BCUT2D eigenvalue weighted by Crippen LogP contribution is -2.01. The third kappa shape index (κ3) is 3.28. The van der Waals surface area contributed by atoms with Crippen LogP contribution in [-0.4, -0.2) is 15.2 Å². The average molecular weight is 278 g/mol. The van der Waals surface area contributed by atoms with E-state index in [-0.39, 0.29) is 0 Å². The summed E-state index contributed by atoms with van der Waals surface area (Å²) < 4.78 is 0. The van der Waals surface area contributed by atoms with Gasteiger partial charge in [0.25, 0.3) is 0 Å². The van der Waals surface area contributed by atoms with Gasteiger partial charge in [-0.1, -0.05) is 41.5 Å². The molecule has 21 heavy (non-hydrogen) atoms. The van der Waals surface area contributed by atoms with E-state index in [1.165, 1.54) is 11.1 Å². The van der Waals surface area contributed by atoms with Gasteiger partial charge in [0, 0.05) is 11.3 Å². The molecule has 0 unspecified atom stereocenters. The molecule has 2 aromatic carbocycles. The second kappa shape index (κ2) is 5.79. The van der Waals surface area contributed by atoms with Crippen LogP contribution in [0, 0.1) is 13.8 Å². The second-order valence-corrected chi connectivity index (χ2v) is 5.19. The van der Waals surface area contributed by atoms with Gasteiger partial charge in [-0.15, -0.1) is 0 Å². The van der Waals surface area contributed by atoms with Crippen molar-refractivity contribution in [3.8, 4) is 11.4 Å². The van der Waals surface area contributed by atoms with Crippen molar-refractivity contribution in [1.29, 1.82) is 0 Å². The van der Waals surface area contributed by atoms with Crippen LogP contribution >= 0.6 is 0 Å². The van der Waals surface area contributed by atoms with Crippen molar-refractivity contribution in [2.75, 3.05) is 5.32 Å². The molecule has 0 saturated carbocycles.